The molecule has 1 amide bonds. The normalized spacial score (nSPS) is 24.0. The Morgan fingerprint density at radius 3 is 2.83 bits per heavy atom. The van der Waals surface area contributed by atoms with E-state index in [0.717, 1.165) is 44.7 Å². The molecular formula is C22H30FN5O2. The van der Waals surface area contributed by atoms with Gasteiger partial charge >= 0.3 is 0 Å². The molecule has 0 radical (unpaired) electrons. The Kier molecular flexibility index (Phi) is 6.46. The smallest absolute Gasteiger partial charge is 0.254 e. The Morgan fingerprint density at radius 2 is 2.07 bits per heavy atom. The molecule has 30 heavy (non-hydrogen) atoms. The van der Waals surface area contributed by atoms with Crippen molar-refractivity contribution in [2.45, 2.75) is 18.6 Å². The highest BCUT2D eigenvalue weighted by molar-refractivity contribution is 5.94. The van der Waals surface area contributed by atoms with E-state index in [1.165, 1.54) is 12.1 Å². The van der Waals surface area contributed by atoms with Crippen molar-refractivity contribution in [3.63, 3.8) is 0 Å². The molecule has 2 aliphatic heterocycles. The van der Waals surface area contributed by atoms with Gasteiger partial charge < -0.3 is 14.5 Å². The van der Waals surface area contributed by atoms with Crippen LogP contribution in [0.25, 0.3) is 0 Å². The van der Waals surface area contributed by atoms with E-state index in [9.17, 15) is 9.18 Å². The number of carbonyl (C=O) groups excluding carboxylic acids is 1. The number of halogens is 1. The van der Waals surface area contributed by atoms with E-state index in [1.54, 1.807) is 23.0 Å². The Hall–Kier alpha value is -2.29. The first-order valence-corrected chi connectivity index (χ1v) is 10.6. The summed E-state index contributed by atoms with van der Waals surface area (Å²) < 4.78 is 21.7. The van der Waals surface area contributed by atoms with Crippen molar-refractivity contribution in [3.8, 4) is 0 Å². The maximum absolute atomic E-state index is 13.8. The molecule has 2 saturated heterocycles. The van der Waals surface area contributed by atoms with Crippen LogP contribution in [0, 0.1) is 5.82 Å². The second kappa shape index (κ2) is 9.24. The Labute approximate surface area is 177 Å². The molecule has 1 aromatic heterocycles. The summed E-state index contributed by atoms with van der Waals surface area (Å²) in [5.74, 6) is -0.579. The summed E-state index contributed by atoms with van der Waals surface area (Å²) in [4.78, 5) is 19.9. The lowest BCUT2D eigenvalue weighted by molar-refractivity contribution is -0.0723. The van der Waals surface area contributed by atoms with Crippen molar-refractivity contribution in [2.75, 3.05) is 52.9 Å². The van der Waals surface area contributed by atoms with Gasteiger partial charge in [-0.3, -0.25) is 14.4 Å². The highest BCUT2D eigenvalue weighted by Crippen LogP contribution is 2.31. The molecule has 0 spiro atoms. The fourth-order valence-corrected chi connectivity index (χ4v) is 4.43. The van der Waals surface area contributed by atoms with E-state index in [1.807, 2.05) is 18.1 Å². The lowest BCUT2D eigenvalue weighted by atomic mass is 9.99. The van der Waals surface area contributed by atoms with Crippen LogP contribution in [0.4, 0.5) is 4.39 Å². The summed E-state index contributed by atoms with van der Waals surface area (Å²) in [6.45, 7) is 5.80. The third-order valence-corrected chi connectivity index (χ3v) is 6.00. The molecule has 2 fully saturated rings. The number of aryl methyl sites for hydroxylation is 1. The van der Waals surface area contributed by atoms with Gasteiger partial charge in [-0.1, -0.05) is 6.07 Å². The summed E-state index contributed by atoms with van der Waals surface area (Å²) in [6.07, 6.45) is 4.69. The molecule has 0 saturated carbocycles. The van der Waals surface area contributed by atoms with E-state index >= 15 is 0 Å². The average molecular weight is 416 g/mol. The maximum Gasteiger partial charge on any atom is 0.254 e. The number of morpholine rings is 1. The van der Waals surface area contributed by atoms with Crippen molar-refractivity contribution >= 4 is 5.91 Å². The third-order valence-electron chi connectivity index (χ3n) is 6.00. The minimum absolute atomic E-state index is 0.163. The summed E-state index contributed by atoms with van der Waals surface area (Å²) in [5, 5.41) is 4.32. The van der Waals surface area contributed by atoms with Crippen molar-refractivity contribution in [1.82, 2.24) is 24.5 Å². The highest BCUT2D eigenvalue weighted by Gasteiger charge is 2.38. The SMILES string of the molecule is CN1CCCN(C[C@@H]2OCCN(C(=O)c3cccc(F)c3)[C@H]2c2cnn(C)c2)CC1. The molecule has 2 atom stereocenters. The third kappa shape index (κ3) is 4.71. The molecular weight excluding hydrogens is 385 g/mol. The van der Waals surface area contributed by atoms with Gasteiger partial charge in [0.25, 0.3) is 5.91 Å². The largest absolute Gasteiger partial charge is 0.373 e. The predicted octanol–water partition coefficient (Wildman–Crippen LogP) is 1.78. The topological polar surface area (TPSA) is 53.8 Å². The van der Waals surface area contributed by atoms with Crippen molar-refractivity contribution in [3.05, 3.63) is 53.6 Å². The molecule has 7 nitrogen and oxygen atoms in total. The Balaban J connectivity index is 1.60. The minimum Gasteiger partial charge on any atom is -0.373 e. The second-order valence-corrected chi connectivity index (χ2v) is 8.27. The molecule has 162 valence electrons. The summed E-state index contributed by atoms with van der Waals surface area (Å²) in [6, 6.07) is 5.64. The highest BCUT2D eigenvalue weighted by atomic mass is 19.1. The van der Waals surface area contributed by atoms with Gasteiger partial charge in [0.1, 0.15) is 5.82 Å². The van der Waals surface area contributed by atoms with Crippen LogP contribution in [0.15, 0.2) is 36.7 Å². The van der Waals surface area contributed by atoms with Crippen molar-refractivity contribution < 1.29 is 13.9 Å². The quantitative estimate of drug-likeness (QED) is 0.762. The predicted molar refractivity (Wildman–Crippen MR) is 112 cm³/mol. The van der Waals surface area contributed by atoms with Crippen LogP contribution >= 0.6 is 0 Å². The lowest BCUT2D eigenvalue weighted by Gasteiger charge is -2.42. The number of amides is 1. The zero-order valence-corrected chi connectivity index (χ0v) is 17.7. The van der Waals surface area contributed by atoms with Gasteiger partial charge in [-0.15, -0.1) is 0 Å². The van der Waals surface area contributed by atoms with Crippen molar-refractivity contribution in [2.24, 2.45) is 7.05 Å². The summed E-state index contributed by atoms with van der Waals surface area (Å²) in [7, 11) is 4.02. The summed E-state index contributed by atoms with van der Waals surface area (Å²) >= 11 is 0. The number of ether oxygens (including phenoxy) is 1. The lowest BCUT2D eigenvalue weighted by Crippen LogP contribution is -2.52. The molecule has 0 aliphatic carbocycles. The molecule has 4 rings (SSSR count). The zero-order valence-electron chi connectivity index (χ0n) is 17.7. The van der Waals surface area contributed by atoms with Gasteiger partial charge in [0.05, 0.1) is 24.9 Å². The first kappa shape index (κ1) is 21.0. The summed E-state index contributed by atoms with van der Waals surface area (Å²) in [5.41, 5.74) is 1.31. The standard InChI is InChI=1S/C22H30FN5O2/c1-25-7-4-8-27(10-9-25)16-20-21(18-14-24-26(2)15-18)28(11-12-30-20)22(29)17-5-3-6-19(23)13-17/h3,5-6,13-15,20-21H,4,7-12,16H2,1-2H3/t20-,21-/m0/s1. The van der Waals surface area contributed by atoms with E-state index in [4.69, 9.17) is 4.74 Å². The number of hydrogen-bond acceptors (Lipinski definition) is 5. The monoisotopic (exact) mass is 415 g/mol. The van der Waals surface area contributed by atoms with Gasteiger partial charge in [-0.25, -0.2) is 4.39 Å². The molecule has 0 unspecified atom stereocenters. The first-order chi connectivity index (χ1) is 14.5. The second-order valence-electron chi connectivity index (χ2n) is 8.27. The van der Waals surface area contributed by atoms with E-state index in [0.29, 0.717) is 18.7 Å². The molecule has 0 N–H and O–H groups in total. The van der Waals surface area contributed by atoms with E-state index in [2.05, 4.69) is 21.9 Å². The molecule has 8 heteroatoms. The van der Waals surface area contributed by atoms with Crippen LogP contribution in [0.1, 0.15) is 28.4 Å². The van der Waals surface area contributed by atoms with Crippen LogP contribution in [0.2, 0.25) is 0 Å². The van der Waals surface area contributed by atoms with Gasteiger partial charge in [0.2, 0.25) is 0 Å². The fraction of sp³-hybridized carbons (Fsp3) is 0.545. The number of nitrogens with zero attached hydrogens (tertiary/aromatic N) is 5. The molecule has 0 bridgehead atoms. The average Bonchev–Trinajstić information content (AvgIpc) is 3.06. The van der Waals surface area contributed by atoms with Crippen LogP contribution in [0.3, 0.4) is 0 Å². The number of hydrogen-bond donors (Lipinski definition) is 0. The van der Waals surface area contributed by atoms with Gasteiger partial charge in [0, 0.05) is 50.6 Å². The maximum atomic E-state index is 13.8. The van der Waals surface area contributed by atoms with Gasteiger partial charge in [0.15, 0.2) is 0 Å². The number of benzene rings is 1. The number of rotatable bonds is 4. The molecule has 1 aromatic carbocycles. The van der Waals surface area contributed by atoms with Crippen LogP contribution in [-0.2, 0) is 11.8 Å². The van der Waals surface area contributed by atoms with Crippen LogP contribution in [0.5, 0.6) is 0 Å². The van der Waals surface area contributed by atoms with E-state index < -0.39 is 5.82 Å². The molecule has 2 aliphatic rings. The Bertz CT molecular complexity index is 873. The van der Waals surface area contributed by atoms with Crippen LogP contribution < -0.4 is 0 Å². The Morgan fingerprint density at radius 1 is 1.20 bits per heavy atom. The minimum atomic E-state index is -0.405. The van der Waals surface area contributed by atoms with Crippen LogP contribution in [-0.4, -0.2) is 89.4 Å². The molecule has 2 aromatic rings. The fourth-order valence-electron chi connectivity index (χ4n) is 4.43. The number of aromatic nitrogens is 2. The van der Waals surface area contributed by atoms with Gasteiger partial charge in [-0.2, -0.15) is 5.10 Å². The number of likely N-dealkylation sites (N-methyl/N-ethyl adjacent to an activating group) is 1. The molecule has 3 heterocycles. The van der Waals surface area contributed by atoms with E-state index in [-0.39, 0.29) is 18.1 Å². The number of carbonyl (C=O) groups is 1. The van der Waals surface area contributed by atoms with Crippen molar-refractivity contribution in [1.29, 1.82) is 0 Å². The zero-order chi connectivity index (χ0) is 21.1. The van der Waals surface area contributed by atoms with Gasteiger partial charge in [-0.05, 0) is 44.8 Å². The first-order valence-electron chi connectivity index (χ1n) is 10.6.